The average Bonchev–Trinajstić information content (AvgIpc) is 3.21. The van der Waals surface area contributed by atoms with E-state index >= 15 is 0 Å². The van der Waals surface area contributed by atoms with E-state index in [1.165, 1.54) is 0 Å². The van der Waals surface area contributed by atoms with E-state index in [-0.39, 0.29) is 6.03 Å². The molecule has 2 aromatic heterocycles. The zero-order valence-corrected chi connectivity index (χ0v) is 14.5. The second kappa shape index (κ2) is 7.27. The van der Waals surface area contributed by atoms with Crippen LogP contribution in [0.5, 0.6) is 0 Å². The summed E-state index contributed by atoms with van der Waals surface area (Å²) in [6.07, 6.45) is 3.68. The van der Waals surface area contributed by atoms with E-state index in [2.05, 4.69) is 15.4 Å². The number of amides is 2. The summed E-state index contributed by atoms with van der Waals surface area (Å²) in [5.74, 6) is 0. The van der Waals surface area contributed by atoms with Crippen LogP contribution in [0.4, 0.5) is 10.5 Å². The van der Waals surface area contributed by atoms with Gasteiger partial charge in [0, 0.05) is 30.5 Å². The van der Waals surface area contributed by atoms with Gasteiger partial charge in [0.2, 0.25) is 0 Å². The Morgan fingerprint density at radius 1 is 1.33 bits per heavy atom. The molecule has 0 spiro atoms. The Hall–Kier alpha value is -2.67. The Labute approximate surface area is 144 Å². The molecule has 7 heteroatoms. The number of carbonyl (C=O) groups excluding carboxylic acids is 1. The minimum Gasteiger partial charge on any atom is -0.322 e. The topological polar surface area (TPSA) is 63.1 Å². The largest absolute Gasteiger partial charge is 0.322 e. The molecule has 1 N–H and O–H groups in total. The van der Waals surface area contributed by atoms with Crippen LogP contribution < -0.4 is 5.32 Å². The second-order valence-corrected chi connectivity index (χ2v) is 6.61. The van der Waals surface area contributed by atoms with Crippen LogP contribution in [0.1, 0.15) is 16.3 Å². The number of benzene rings is 1. The smallest absolute Gasteiger partial charge is 0.321 e. The van der Waals surface area contributed by atoms with Crippen LogP contribution >= 0.6 is 11.3 Å². The molecule has 0 fully saturated rings. The van der Waals surface area contributed by atoms with Gasteiger partial charge in [0.15, 0.2) is 0 Å². The fourth-order valence-electron chi connectivity index (χ4n) is 2.29. The van der Waals surface area contributed by atoms with Gasteiger partial charge in [-0.15, -0.1) is 11.3 Å². The fourth-order valence-corrected chi connectivity index (χ4v) is 2.89. The van der Waals surface area contributed by atoms with E-state index in [0.29, 0.717) is 13.1 Å². The van der Waals surface area contributed by atoms with Crippen LogP contribution in [0.2, 0.25) is 0 Å². The normalized spacial score (nSPS) is 10.6. The van der Waals surface area contributed by atoms with Crippen LogP contribution in [0.3, 0.4) is 0 Å². The van der Waals surface area contributed by atoms with Crippen molar-refractivity contribution in [2.24, 2.45) is 0 Å². The van der Waals surface area contributed by atoms with Crippen molar-refractivity contribution < 1.29 is 4.79 Å². The van der Waals surface area contributed by atoms with E-state index < -0.39 is 0 Å². The van der Waals surface area contributed by atoms with E-state index in [1.54, 1.807) is 29.5 Å². The first kappa shape index (κ1) is 16.2. The van der Waals surface area contributed by atoms with Gasteiger partial charge < -0.3 is 10.2 Å². The lowest BCUT2D eigenvalue weighted by molar-refractivity contribution is 0.220. The molecule has 0 aliphatic heterocycles. The summed E-state index contributed by atoms with van der Waals surface area (Å²) in [6, 6.07) is 9.52. The van der Waals surface area contributed by atoms with E-state index in [1.807, 2.05) is 53.5 Å². The summed E-state index contributed by atoms with van der Waals surface area (Å²) in [7, 11) is 1.76. The number of aryl methyl sites for hydroxylation is 1. The zero-order valence-electron chi connectivity index (χ0n) is 13.6. The van der Waals surface area contributed by atoms with Crippen molar-refractivity contribution in [2.45, 2.75) is 20.0 Å². The number of aromatic nitrogens is 3. The predicted molar refractivity (Wildman–Crippen MR) is 95.1 cm³/mol. The van der Waals surface area contributed by atoms with Crippen molar-refractivity contribution in [3.63, 3.8) is 0 Å². The van der Waals surface area contributed by atoms with E-state index in [4.69, 9.17) is 0 Å². The van der Waals surface area contributed by atoms with Crippen molar-refractivity contribution in [3.8, 4) is 0 Å². The maximum absolute atomic E-state index is 12.2. The Morgan fingerprint density at radius 2 is 2.12 bits per heavy atom. The Balaban J connectivity index is 1.55. The summed E-state index contributed by atoms with van der Waals surface area (Å²) < 4.78 is 1.86. The molecule has 2 heterocycles. The summed E-state index contributed by atoms with van der Waals surface area (Å²) in [5.41, 5.74) is 2.80. The van der Waals surface area contributed by atoms with Gasteiger partial charge in [0.05, 0.1) is 23.8 Å². The van der Waals surface area contributed by atoms with Crippen molar-refractivity contribution in [3.05, 3.63) is 64.4 Å². The number of rotatable bonds is 5. The number of urea groups is 1. The fraction of sp³-hybridized carbons (Fsp3) is 0.235. The highest BCUT2D eigenvalue weighted by atomic mass is 32.1. The first-order valence-electron chi connectivity index (χ1n) is 7.59. The van der Waals surface area contributed by atoms with Gasteiger partial charge >= 0.3 is 6.03 Å². The van der Waals surface area contributed by atoms with Crippen LogP contribution in [-0.4, -0.2) is 32.7 Å². The number of nitrogens with one attached hydrogen (secondary N) is 1. The summed E-state index contributed by atoms with van der Waals surface area (Å²) in [4.78, 5) is 18.2. The highest BCUT2D eigenvalue weighted by Crippen LogP contribution is 2.13. The molecule has 124 valence electrons. The number of hydrogen-bond acceptors (Lipinski definition) is 4. The molecular weight excluding hydrogens is 322 g/mol. The highest BCUT2D eigenvalue weighted by Gasteiger charge is 2.11. The van der Waals surface area contributed by atoms with E-state index in [9.17, 15) is 4.79 Å². The first-order valence-corrected chi connectivity index (χ1v) is 8.47. The number of thiazole rings is 1. The minimum absolute atomic E-state index is 0.152. The minimum atomic E-state index is -0.152. The van der Waals surface area contributed by atoms with E-state index in [0.717, 1.165) is 22.0 Å². The quantitative estimate of drug-likeness (QED) is 0.774. The second-order valence-electron chi connectivity index (χ2n) is 5.54. The van der Waals surface area contributed by atoms with Gasteiger partial charge in [-0.25, -0.2) is 9.78 Å². The van der Waals surface area contributed by atoms with Gasteiger partial charge in [-0.3, -0.25) is 4.68 Å². The monoisotopic (exact) mass is 341 g/mol. The van der Waals surface area contributed by atoms with Crippen LogP contribution in [0.25, 0.3) is 0 Å². The maximum atomic E-state index is 12.2. The third kappa shape index (κ3) is 4.20. The third-order valence-corrected chi connectivity index (χ3v) is 4.34. The predicted octanol–water partition coefficient (Wildman–Crippen LogP) is 3.36. The van der Waals surface area contributed by atoms with Crippen molar-refractivity contribution in [1.82, 2.24) is 19.7 Å². The number of anilines is 1. The molecule has 0 saturated heterocycles. The maximum Gasteiger partial charge on any atom is 0.321 e. The Morgan fingerprint density at radius 3 is 2.75 bits per heavy atom. The van der Waals surface area contributed by atoms with Crippen LogP contribution in [0, 0.1) is 6.92 Å². The van der Waals surface area contributed by atoms with Gasteiger partial charge in [-0.2, -0.15) is 5.10 Å². The molecule has 0 radical (unpaired) electrons. The Kier molecular flexibility index (Phi) is 4.90. The molecular formula is C17H19N5OS. The molecule has 3 rings (SSSR count). The number of carbonyl (C=O) groups is 1. The van der Waals surface area contributed by atoms with Crippen molar-refractivity contribution in [1.29, 1.82) is 0 Å². The van der Waals surface area contributed by atoms with Gasteiger partial charge in [0.1, 0.15) is 0 Å². The summed E-state index contributed by atoms with van der Waals surface area (Å²) >= 11 is 1.59. The number of hydrogen-bond donors (Lipinski definition) is 1. The highest BCUT2D eigenvalue weighted by molar-refractivity contribution is 7.09. The molecule has 0 aliphatic rings. The molecule has 3 aromatic rings. The van der Waals surface area contributed by atoms with Crippen LogP contribution in [0.15, 0.2) is 48.1 Å². The molecule has 24 heavy (non-hydrogen) atoms. The standard InChI is InChI=1S/C17H19N5OS/c1-13-19-16(12-24-13)11-21(2)17(23)20-15-6-4-14(5-7-15)10-22-9-3-8-18-22/h3-9,12H,10-11H2,1-2H3,(H,20,23). The van der Waals surface area contributed by atoms with Crippen molar-refractivity contribution in [2.75, 3.05) is 12.4 Å². The summed E-state index contributed by atoms with van der Waals surface area (Å²) in [5, 5.41) is 10.1. The molecule has 0 bridgehead atoms. The van der Waals surface area contributed by atoms with Gasteiger partial charge in [-0.1, -0.05) is 12.1 Å². The SMILES string of the molecule is Cc1nc(CN(C)C(=O)Nc2ccc(Cn3cccn3)cc2)cs1. The summed E-state index contributed by atoms with van der Waals surface area (Å²) in [6.45, 7) is 3.16. The molecule has 0 atom stereocenters. The van der Waals surface area contributed by atoms with Gasteiger partial charge in [0.25, 0.3) is 0 Å². The molecule has 0 aliphatic carbocycles. The van der Waals surface area contributed by atoms with Crippen LogP contribution in [-0.2, 0) is 13.1 Å². The third-order valence-electron chi connectivity index (χ3n) is 3.52. The first-order chi connectivity index (χ1) is 11.6. The lowest BCUT2D eigenvalue weighted by Crippen LogP contribution is -2.30. The lowest BCUT2D eigenvalue weighted by Gasteiger charge is -2.17. The molecule has 6 nitrogen and oxygen atoms in total. The van der Waals surface area contributed by atoms with Crippen molar-refractivity contribution >= 4 is 23.1 Å². The molecule has 1 aromatic carbocycles. The Bertz CT molecular complexity index is 795. The molecule has 0 unspecified atom stereocenters. The zero-order chi connectivity index (χ0) is 16.9. The molecule has 0 saturated carbocycles. The number of nitrogens with zero attached hydrogens (tertiary/aromatic N) is 4. The molecule has 2 amide bonds. The van der Waals surface area contributed by atoms with Gasteiger partial charge in [-0.05, 0) is 30.7 Å². The lowest BCUT2D eigenvalue weighted by atomic mass is 10.2. The average molecular weight is 341 g/mol.